The van der Waals surface area contributed by atoms with Gasteiger partial charge in [0.25, 0.3) is 0 Å². The normalized spacial score (nSPS) is 14.9. The summed E-state index contributed by atoms with van der Waals surface area (Å²) >= 11 is 12.2. The molecule has 0 atom stereocenters. The third-order valence-electron chi connectivity index (χ3n) is 6.13. The van der Waals surface area contributed by atoms with Crippen LogP contribution in [0, 0.1) is 5.92 Å². The molecule has 4 rings (SSSR count). The van der Waals surface area contributed by atoms with Crippen molar-refractivity contribution in [2.24, 2.45) is 16.6 Å². The second-order valence-electron chi connectivity index (χ2n) is 8.74. The van der Waals surface area contributed by atoms with Gasteiger partial charge in [-0.15, -0.1) is 0 Å². The minimum Gasteiger partial charge on any atom is -0.493 e. The smallest absolute Gasteiger partial charge is 0.248 e. The molecule has 1 heterocycles. The number of carbonyl (C=O) groups excluding carboxylic acids is 1. The number of benzene rings is 3. The van der Waals surface area contributed by atoms with Crippen LogP contribution >= 0.6 is 23.2 Å². The SMILES string of the molecule is NC(=O)c1ccc(N)c(N=Cc2ccc(OCC3CCN(Cc4ccc(Cl)c(Cl)c4)CC3)cc2)c1. The first-order valence-electron chi connectivity index (χ1n) is 11.5. The molecule has 182 valence electrons. The standard InChI is InChI=1S/C27H28Cl2N4O2/c28-23-7-3-20(13-24(23)29)16-33-11-9-19(10-12-33)17-35-22-5-1-18(2-6-22)15-32-26-14-21(27(31)34)4-8-25(26)30/h1-8,13-15,19H,9-12,16-17,30H2,(H2,31,34). The summed E-state index contributed by atoms with van der Waals surface area (Å²) in [6, 6.07) is 18.4. The Morgan fingerprint density at radius 2 is 1.77 bits per heavy atom. The molecule has 0 radical (unpaired) electrons. The van der Waals surface area contributed by atoms with Crippen LogP contribution in [0.5, 0.6) is 5.75 Å². The number of rotatable bonds is 8. The summed E-state index contributed by atoms with van der Waals surface area (Å²) in [5, 5.41) is 1.19. The summed E-state index contributed by atoms with van der Waals surface area (Å²) in [6.45, 7) is 3.64. The molecule has 3 aromatic rings. The number of nitrogens with two attached hydrogens (primary N) is 2. The molecule has 1 aliphatic rings. The van der Waals surface area contributed by atoms with Crippen LogP contribution in [0.1, 0.15) is 34.3 Å². The topological polar surface area (TPSA) is 93.9 Å². The Bertz CT molecular complexity index is 1210. The van der Waals surface area contributed by atoms with Crippen LogP contribution < -0.4 is 16.2 Å². The Kier molecular flexibility index (Phi) is 8.29. The maximum absolute atomic E-state index is 11.4. The van der Waals surface area contributed by atoms with E-state index in [0.717, 1.165) is 43.8 Å². The number of likely N-dealkylation sites (tertiary alicyclic amines) is 1. The van der Waals surface area contributed by atoms with Crippen LogP contribution in [-0.2, 0) is 6.54 Å². The number of carbonyl (C=O) groups is 1. The van der Waals surface area contributed by atoms with Gasteiger partial charge in [-0.25, -0.2) is 0 Å². The number of amides is 1. The molecule has 1 amide bonds. The zero-order chi connectivity index (χ0) is 24.8. The molecular formula is C27H28Cl2N4O2. The lowest BCUT2D eigenvalue weighted by Crippen LogP contribution is -2.35. The minimum absolute atomic E-state index is 0.371. The van der Waals surface area contributed by atoms with Gasteiger partial charge in [0.05, 0.1) is 28.0 Å². The van der Waals surface area contributed by atoms with Crippen molar-refractivity contribution in [2.45, 2.75) is 19.4 Å². The summed E-state index contributed by atoms with van der Waals surface area (Å²) in [6.07, 6.45) is 3.89. The number of nitrogens with zero attached hydrogens (tertiary/aromatic N) is 2. The van der Waals surface area contributed by atoms with Gasteiger partial charge in [-0.1, -0.05) is 29.3 Å². The van der Waals surface area contributed by atoms with E-state index < -0.39 is 5.91 Å². The lowest BCUT2D eigenvalue weighted by molar-refractivity contribution is 0.100. The molecule has 3 aromatic carbocycles. The summed E-state index contributed by atoms with van der Waals surface area (Å²) in [4.78, 5) is 18.2. The maximum Gasteiger partial charge on any atom is 0.248 e. The average Bonchev–Trinajstić information content (AvgIpc) is 2.86. The molecule has 0 saturated carbocycles. The maximum atomic E-state index is 11.4. The lowest BCUT2D eigenvalue weighted by Gasteiger charge is -2.31. The number of aliphatic imine (C=N–C) groups is 1. The molecule has 0 unspecified atom stereocenters. The molecule has 1 fully saturated rings. The van der Waals surface area contributed by atoms with Crippen molar-refractivity contribution in [3.63, 3.8) is 0 Å². The van der Waals surface area contributed by atoms with Crippen molar-refractivity contribution in [1.29, 1.82) is 0 Å². The molecule has 1 aliphatic heterocycles. The highest BCUT2D eigenvalue weighted by Gasteiger charge is 2.20. The Balaban J connectivity index is 1.24. The van der Waals surface area contributed by atoms with Crippen LogP contribution in [0.25, 0.3) is 0 Å². The van der Waals surface area contributed by atoms with Crippen molar-refractivity contribution in [3.05, 3.63) is 87.4 Å². The van der Waals surface area contributed by atoms with Crippen LogP contribution in [0.2, 0.25) is 10.0 Å². The molecule has 35 heavy (non-hydrogen) atoms. The van der Waals surface area contributed by atoms with Crippen molar-refractivity contribution >= 4 is 46.7 Å². The number of piperidine rings is 1. The number of hydrogen-bond donors (Lipinski definition) is 2. The van der Waals surface area contributed by atoms with Gasteiger partial charge < -0.3 is 16.2 Å². The zero-order valence-electron chi connectivity index (χ0n) is 19.3. The van der Waals surface area contributed by atoms with Crippen LogP contribution in [0.4, 0.5) is 11.4 Å². The predicted molar refractivity (Wildman–Crippen MR) is 143 cm³/mol. The van der Waals surface area contributed by atoms with Crippen LogP contribution in [-0.4, -0.2) is 36.7 Å². The lowest BCUT2D eigenvalue weighted by atomic mass is 9.97. The third kappa shape index (κ3) is 6.98. The Morgan fingerprint density at radius 1 is 1.03 bits per heavy atom. The molecule has 1 saturated heterocycles. The monoisotopic (exact) mass is 510 g/mol. The first-order valence-corrected chi connectivity index (χ1v) is 12.3. The number of primary amides is 1. The molecule has 0 bridgehead atoms. The van der Waals surface area contributed by atoms with Gasteiger partial charge in [0.15, 0.2) is 0 Å². The highest BCUT2D eigenvalue weighted by atomic mass is 35.5. The van der Waals surface area contributed by atoms with Crippen LogP contribution in [0.3, 0.4) is 0 Å². The first-order chi connectivity index (χ1) is 16.9. The van der Waals surface area contributed by atoms with Gasteiger partial charge in [0.2, 0.25) is 5.91 Å². The zero-order valence-corrected chi connectivity index (χ0v) is 20.8. The van der Waals surface area contributed by atoms with Gasteiger partial charge in [-0.05, 0) is 97.6 Å². The predicted octanol–water partition coefficient (Wildman–Crippen LogP) is 5.72. The van der Waals surface area contributed by atoms with Crippen molar-refractivity contribution < 1.29 is 9.53 Å². The Labute approximate surface area is 215 Å². The van der Waals surface area contributed by atoms with Gasteiger partial charge in [-0.2, -0.15) is 0 Å². The summed E-state index contributed by atoms with van der Waals surface area (Å²) in [7, 11) is 0. The van der Waals surface area contributed by atoms with Gasteiger partial charge in [-0.3, -0.25) is 14.7 Å². The van der Waals surface area contributed by atoms with E-state index in [2.05, 4.69) is 9.89 Å². The van der Waals surface area contributed by atoms with Gasteiger partial charge >= 0.3 is 0 Å². The molecule has 0 aliphatic carbocycles. The van der Waals surface area contributed by atoms with E-state index in [1.54, 1.807) is 24.4 Å². The highest BCUT2D eigenvalue weighted by Crippen LogP contribution is 2.26. The molecule has 6 nitrogen and oxygen atoms in total. The minimum atomic E-state index is -0.514. The fraction of sp³-hybridized carbons (Fsp3) is 0.259. The molecule has 4 N–H and O–H groups in total. The second kappa shape index (κ2) is 11.6. The summed E-state index contributed by atoms with van der Waals surface area (Å²) in [5.74, 6) is 0.845. The van der Waals surface area contributed by atoms with Crippen LogP contribution in [0.15, 0.2) is 65.7 Å². The Morgan fingerprint density at radius 3 is 2.46 bits per heavy atom. The van der Waals surface area contributed by atoms with E-state index in [1.807, 2.05) is 42.5 Å². The third-order valence-corrected chi connectivity index (χ3v) is 6.87. The second-order valence-corrected chi connectivity index (χ2v) is 9.56. The van der Waals surface area contributed by atoms with Crippen molar-refractivity contribution in [1.82, 2.24) is 4.90 Å². The number of nitrogen functional groups attached to an aromatic ring is 1. The van der Waals surface area contributed by atoms with E-state index in [1.165, 1.54) is 5.56 Å². The molecular weight excluding hydrogens is 483 g/mol. The average molecular weight is 511 g/mol. The number of halogens is 2. The Hall–Kier alpha value is -3.06. The summed E-state index contributed by atoms with van der Waals surface area (Å²) in [5.41, 5.74) is 14.7. The highest BCUT2D eigenvalue weighted by molar-refractivity contribution is 6.42. The largest absolute Gasteiger partial charge is 0.493 e. The first kappa shape index (κ1) is 25.0. The quantitative estimate of drug-likeness (QED) is 0.299. The number of anilines is 1. The number of ether oxygens (including phenoxy) is 1. The van der Waals surface area contributed by atoms with Crippen molar-refractivity contribution in [2.75, 3.05) is 25.4 Å². The van der Waals surface area contributed by atoms with E-state index in [4.69, 9.17) is 39.4 Å². The van der Waals surface area contributed by atoms with E-state index in [-0.39, 0.29) is 0 Å². The van der Waals surface area contributed by atoms with Gasteiger partial charge in [0.1, 0.15) is 5.75 Å². The fourth-order valence-electron chi connectivity index (χ4n) is 4.02. The number of hydrogen-bond acceptors (Lipinski definition) is 5. The van der Waals surface area contributed by atoms with E-state index in [9.17, 15) is 4.79 Å². The molecule has 0 spiro atoms. The molecule has 8 heteroatoms. The van der Waals surface area contributed by atoms with E-state index in [0.29, 0.717) is 39.5 Å². The van der Waals surface area contributed by atoms with E-state index >= 15 is 0 Å². The fourth-order valence-corrected chi connectivity index (χ4v) is 4.35. The van der Waals surface area contributed by atoms with Gasteiger partial charge in [0, 0.05) is 18.3 Å². The van der Waals surface area contributed by atoms with Crippen molar-refractivity contribution in [3.8, 4) is 5.75 Å². The summed E-state index contributed by atoms with van der Waals surface area (Å²) < 4.78 is 6.04. The molecule has 0 aromatic heterocycles.